The van der Waals surface area contributed by atoms with Gasteiger partial charge in [-0.05, 0) is 13.0 Å². The summed E-state index contributed by atoms with van der Waals surface area (Å²) in [7, 11) is 0. The Morgan fingerprint density at radius 2 is 2.47 bits per heavy atom. The Labute approximate surface area is 92.8 Å². The summed E-state index contributed by atoms with van der Waals surface area (Å²) >= 11 is 1.62. The molecular formula is C10H14N4S. The zero-order valence-corrected chi connectivity index (χ0v) is 9.47. The van der Waals surface area contributed by atoms with Gasteiger partial charge in [-0.1, -0.05) is 6.92 Å². The van der Waals surface area contributed by atoms with Crippen molar-refractivity contribution in [2.45, 2.75) is 19.9 Å². The van der Waals surface area contributed by atoms with Crippen LogP contribution in [0.15, 0.2) is 17.8 Å². The lowest BCUT2D eigenvalue weighted by atomic mass is 10.4. The van der Waals surface area contributed by atoms with E-state index in [9.17, 15) is 0 Å². The van der Waals surface area contributed by atoms with Gasteiger partial charge in [0.2, 0.25) is 0 Å². The van der Waals surface area contributed by atoms with Crippen molar-refractivity contribution >= 4 is 11.3 Å². The highest BCUT2D eigenvalue weighted by Crippen LogP contribution is 2.19. The van der Waals surface area contributed by atoms with Gasteiger partial charge >= 0.3 is 0 Å². The van der Waals surface area contributed by atoms with Crippen LogP contribution in [0.5, 0.6) is 0 Å². The predicted octanol–water partition coefficient (Wildman–Crippen LogP) is 2.03. The van der Waals surface area contributed by atoms with Crippen LogP contribution in [0.3, 0.4) is 0 Å². The zero-order chi connectivity index (χ0) is 10.5. The number of imidazole rings is 1. The Hall–Kier alpha value is -1.20. The molecule has 0 aromatic carbocycles. The molecule has 2 aromatic heterocycles. The maximum Gasteiger partial charge on any atom is 0.166 e. The molecule has 2 rings (SSSR count). The molecule has 2 heterocycles. The number of thiazole rings is 1. The van der Waals surface area contributed by atoms with Crippen molar-refractivity contribution in [3.63, 3.8) is 0 Å². The third kappa shape index (κ3) is 2.64. The summed E-state index contributed by atoms with van der Waals surface area (Å²) in [6, 6.07) is 0. The second-order valence-electron chi connectivity index (χ2n) is 3.26. The highest BCUT2D eigenvalue weighted by molar-refractivity contribution is 7.13. The minimum atomic E-state index is 0.838. The van der Waals surface area contributed by atoms with Crippen LogP contribution in [0, 0.1) is 0 Å². The molecule has 15 heavy (non-hydrogen) atoms. The highest BCUT2D eigenvalue weighted by atomic mass is 32.1. The second kappa shape index (κ2) is 5.04. The van der Waals surface area contributed by atoms with Gasteiger partial charge in [0.05, 0.1) is 5.69 Å². The van der Waals surface area contributed by atoms with E-state index in [0.29, 0.717) is 0 Å². The largest absolute Gasteiger partial charge is 0.343 e. The number of nitrogens with zero attached hydrogens (tertiary/aromatic N) is 2. The van der Waals surface area contributed by atoms with Gasteiger partial charge in [-0.15, -0.1) is 11.3 Å². The Balaban J connectivity index is 1.98. The molecule has 0 unspecified atom stereocenters. The molecule has 0 aliphatic carbocycles. The summed E-state index contributed by atoms with van der Waals surface area (Å²) in [6.07, 6.45) is 4.70. The first-order valence-electron chi connectivity index (χ1n) is 5.05. The Morgan fingerprint density at radius 3 is 3.20 bits per heavy atom. The number of hydrogen-bond acceptors (Lipinski definition) is 4. The highest BCUT2D eigenvalue weighted by Gasteiger charge is 2.05. The molecule has 0 spiro atoms. The van der Waals surface area contributed by atoms with Gasteiger partial charge in [-0.3, -0.25) is 0 Å². The lowest BCUT2D eigenvalue weighted by Gasteiger charge is -1.97. The summed E-state index contributed by atoms with van der Waals surface area (Å²) < 4.78 is 0. The van der Waals surface area contributed by atoms with Gasteiger partial charge in [0.15, 0.2) is 10.8 Å². The molecule has 2 N–H and O–H groups in total. The monoisotopic (exact) mass is 222 g/mol. The summed E-state index contributed by atoms with van der Waals surface area (Å²) in [5.74, 6) is 0.849. The van der Waals surface area contributed by atoms with Crippen LogP contribution in [0.25, 0.3) is 10.8 Å². The normalized spacial score (nSPS) is 10.7. The van der Waals surface area contributed by atoms with Crippen molar-refractivity contribution in [2.24, 2.45) is 0 Å². The first-order chi connectivity index (χ1) is 7.40. The fourth-order valence-corrected chi connectivity index (χ4v) is 2.05. The molecule has 0 saturated carbocycles. The SMILES string of the molecule is CCCNCc1csc(-c2ncc[nH]2)n1. The average molecular weight is 222 g/mol. The smallest absolute Gasteiger partial charge is 0.166 e. The van der Waals surface area contributed by atoms with Gasteiger partial charge in [-0.2, -0.15) is 0 Å². The van der Waals surface area contributed by atoms with Gasteiger partial charge in [0.1, 0.15) is 0 Å². The first-order valence-corrected chi connectivity index (χ1v) is 5.93. The van der Waals surface area contributed by atoms with Crippen LogP contribution in [0.4, 0.5) is 0 Å². The van der Waals surface area contributed by atoms with Crippen LogP contribution in [0.2, 0.25) is 0 Å². The van der Waals surface area contributed by atoms with E-state index in [-0.39, 0.29) is 0 Å². The topological polar surface area (TPSA) is 53.6 Å². The quantitative estimate of drug-likeness (QED) is 0.761. The summed E-state index contributed by atoms with van der Waals surface area (Å²) in [5.41, 5.74) is 1.08. The summed E-state index contributed by atoms with van der Waals surface area (Å²) in [5, 5.41) is 6.35. The van der Waals surface area contributed by atoms with E-state index in [0.717, 1.165) is 36.0 Å². The zero-order valence-electron chi connectivity index (χ0n) is 8.66. The number of nitrogens with one attached hydrogen (secondary N) is 2. The van der Waals surface area contributed by atoms with E-state index in [1.807, 2.05) is 6.20 Å². The van der Waals surface area contributed by atoms with Crippen molar-refractivity contribution in [3.05, 3.63) is 23.5 Å². The van der Waals surface area contributed by atoms with E-state index in [4.69, 9.17) is 0 Å². The number of aromatic amines is 1. The van der Waals surface area contributed by atoms with Crippen LogP contribution < -0.4 is 5.32 Å². The molecule has 0 amide bonds. The summed E-state index contributed by atoms with van der Waals surface area (Å²) in [4.78, 5) is 11.7. The molecule has 0 aliphatic heterocycles. The average Bonchev–Trinajstić information content (AvgIpc) is 2.87. The third-order valence-corrected chi connectivity index (χ3v) is 2.88. The number of hydrogen-bond donors (Lipinski definition) is 2. The molecule has 0 atom stereocenters. The standard InChI is InChI=1S/C10H14N4S/c1-2-3-11-6-8-7-15-10(14-8)9-12-4-5-13-9/h4-5,7,11H,2-3,6H2,1H3,(H,12,13). The van der Waals surface area contributed by atoms with E-state index >= 15 is 0 Å². The minimum absolute atomic E-state index is 0.838. The molecule has 2 aromatic rings. The van der Waals surface area contributed by atoms with Gasteiger partial charge in [0, 0.05) is 24.3 Å². The van der Waals surface area contributed by atoms with Crippen LogP contribution in [0.1, 0.15) is 19.0 Å². The lowest BCUT2D eigenvalue weighted by Crippen LogP contribution is -2.13. The predicted molar refractivity (Wildman–Crippen MR) is 61.7 cm³/mol. The molecule has 4 nitrogen and oxygen atoms in total. The summed E-state index contributed by atoms with van der Waals surface area (Å²) in [6.45, 7) is 4.03. The van der Waals surface area contributed by atoms with E-state index in [1.54, 1.807) is 17.5 Å². The van der Waals surface area contributed by atoms with Crippen LogP contribution in [-0.2, 0) is 6.54 Å². The Bertz CT molecular complexity index is 393. The van der Waals surface area contributed by atoms with E-state index < -0.39 is 0 Å². The Kier molecular flexibility index (Phi) is 3.47. The number of H-pyrrole nitrogens is 1. The second-order valence-corrected chi connectivity index (χ2v) is 4.12. The fourth-order valence-electron chi connectivity index (χ4n) is 1.27. The molecule has 0 aliphatic rings. The van der Waals surface area contributed by atoms with E-state index in [1.165, 1.54) is 0 Å². The molecule has 0 saturated heterocycles. The number of aromatic nitrogens is 3. The van der Waals surface area contributed by atoms with Gasteiger partial charge < -0.3 is 10.3 Å². The molecular weight excluding hydrogens is 208 g/mol. The molecule has 80 valence electrons. The third-order valence-electron chi connectivity index (χ3n) is 1.99. The number of rotatable bonds is 5. The maximum absolute atomic E-state index is 4.49. The van der Waals surface area contributed by atoms with Crippen molar-refractivity contribution in [1.82, 2.24) is 20.3 Å². The molecule has 0 radical (unpaired) electrons. The van der Waals surface area contributed by atoms with Gasteiger partial charge in [0.25, 0.3) is 0 Å². The van der Waals surface area contributed by atoms with Crippen molar-refractivity contribution in [3.8, 4) is 10.8 Å². The van der Waals surface area contributed by atoms with Crippen molar-refractivity contribution in [1.29, 1.82) is 0 Å². The van der Waals surface area contributed by atoms with Crippen molar-refractivity contribution in [2.75, 3.05) is 6.54 Å². The van der Waals surface area contributed by atoms with Crippen LogP contribution >= 0.6 is 11.3 Å². The lowest BCUT2D eigenvalue weighted by molar-refractivity contribution is 0.667. The first kappa shape index (κ1) is 10.3. The maximum atomic E-state index is 4.49. The fraction of sp³-hybridized carbons (Fsp3) is 0.400. The molecule has 5 heteroatoms. The van der Waals surface area contributed by atoms with Crippen molar-refractivity contribution < 1.29 is 0 Å². The molecule has 0 fully saturated rings. The van der Waals surface area contributed by atoms with E-state index in [2.05, 4.69) is 32.6 Å². The van der Waals surface area contributed by atoms with Crippen LogP contribution in [-0.4, -0.2) is 21.5 Å². The van der Waals surface area contributed by atoms with Gasteiger partial charge in [-0.25, -0.2) is 9.97 Å². The minimum Gasteiger partial charge on any atom is -0.343 e. The molecule has 0 bridgehead atoms. The Morgan fingerprint density at radius 1 is 1.53 bits per heavy atom.